The highest BCUT2D eigenvalue weighted by molar-refractivity contribution is 5.93. The first kappa shape index (κ1) is 13.1. The number of hydrogen-bond acceptors (Lipinski definition) is 5. The summed E-state index contributed by atoms with van der Waals surface area (Å²) in [6.07, 6.45) is 1.75. The van der Waals surface area contributed by atoms with Gasteiger partial charge in [-0.3, -0.25) is 4.79 Å². The summed E-state index contributed by atoms with van der Waals surface area (Å²) >= 11 is 0. The van der Waals surface area contributed by atoms with Gasteiger partial charge in [0.2, 0.25) is 5.89 Å². The van der Waals surface area contributed by atoms with Crippen molar-refractivity contribution >= 4 is 11.6 Å². The Balaban J connectivity index is 2.07. The maximum atomic E-state index is 12.1. The second-order valence-corrected chi connectivity index (χ2v) is 4.58. The summed E-state index contributed by atoms with van der Waals surface area (Å²) in [6.45, 7) is 5.89. The summed E-state index contributed by atoms with van der Waals surface area (Å²) < 4.78 is 6.75. The number of aryl methyl sites for hydroxylation is 1. The van der Waals surface area contributed by atoms with Crippen LogP contribution in [0.5, 0.6) is 0 Å². The van der Waals surface area contributed by atoms with Gasteiger partial charge in [0, 0.05) is 12.2 Å². The number of rotatable bonds is 4. The predicted molar refractivity (Wildman–Crippen MR) is 69.4 cm³/mol. The van der Waals surface area contributed by atoms with E-state index in [1.54, 1.807) is 19.2 Å². The Kier molecular flexibility index (Phi) is 3.55. The Morgan fingerprint density at radius 1 is 1.58 bits per heavy atom. The molecule has 2 heterocycles. The lowest BCUT2D eigenvalue weighted by Gasteiger charge is -2.11. The van der Waals surface area contributed by atoms with Crippen molar-refractivity contribution in [2.75, 3.05) is 5.73 Å². The third-order valence-electron chi connectivity index (χ3n) is 2.63. The van der Waals surface area contributed by atoms with Gasteiger partial charge in [0.15, 0.2) is 5.82 Å². The zero-order valence-corrected chi connectivity index (χ0v) is 11.2. The van der Waals surface area contributed by atoms with Gasteiger partial charge in [0.05, 0.1) is 12.2 Å². The smallest absolute Gasteiger partial charge is 0.268 e. The van der Waals surface area contributed by atoms with Crippen molar-refractivity contribution in [2.24, 2.45) is 0 Å². The Morgan fingerprint density at radius 2 is 2.32 bits per heavy atom. The minimum atomic E-state index is -0.221. The number of nitrogen functional groups attached to an aromatic ring is 1. The fourth-order valence-electron chi connectivity index (χ4n) is 1.77. The lowest BCUT2D eigenvalue weighted by atomic mass is 10.3. The zero-order valence-electron chi connectivity index (χ0n) is 11.2. The van der Waals surface area contributed by atoms with Gasteiger partial charge in [-0.15, -0.1) is 0 Å². The molecular weight excluding hydrogens is 246 g/mol. The summed E-state index contributed by atoms with van der Waals surface area (Å²) in [7, 11) is 0. The molecular formula is C12H17N5O2. The molecule has 102 valence electrons. The van der Waals surface area contributed by atoms with Crippen molar-refractivity contribution < 1.29 is 9.32 Å². The van der Waals surface area contributed by atoms with Crippen LogP contribution in [0.2, 0.25) is 0 Å². The van der Waals surface area contributed by atoms with E-state index < -0.39 is 0 Å². The number of nitrogens with one attached hydrogen (secondary N) is 1. The van der Waals surface area contributed by atoms with Crippen LogP contribution in [0.1, 0.15) is 42.1 Å². The molecule has 19 heavy (non-hydrogen) atoms. The minimum absolute atomic E-state index is 0.156. The van der Waals surface area contributed by atoms with Gasteiger partial charge in [-0.2, -0.15) is 4.98 Å². The molecule has 0 aliphatic rings. The van der Waals surface area contributed by atoms with Crippen molar-refractivity contribution in [1.82, 2.24) is 20.0 Å². The van der Waals surface area contributed by atoms with Crippen LogP contribution in [0.4, 0.5) is 5.69 Å². The molecule has 0 bridgehead atoms. The van der Waals surface area contributed by atoms with Gasteiger partial charge < -0.3 is 20.1 Å². The first-order chi connectivity index (χ1) is 8.97. The molecule has 7 nitrogen and oxygen atoms in total. The van der Waals surface area contributed by atoms with Crippen LogP contribution in [0.15, 0.2) is 16.8 Å². The number of carbonyl (C=O) groups excluding carboxylic acids is 1. The van der Waals surface area contributed by atoms with Crippen molar-refractivity contribution in [3.8, 4) is 0 Å². The van der Waals surface area contributed by atoms with Crippen LogP contribution in [0.3, 0.4) is 0 Å². The summed E-state index contributed by atoms with van der Waals surface area (Å²) in [5.74, 6) is 0.696. The largest absolute Gasteiger partial charge is 0.397 e. The second kappa shape index (κ2) is 5.13. The van der Waals surface area contributed by atoms with Crippen LogP contribution >= 0.6 is 0 Å². The fourth-order valence-corrected chi connectivity index (χ4v) is 1.77. The molecule has 3 N–H and O–H groups in total. The van der Waals surface area contributed by atoms with Crippen LogP contribution < -0.4 is 11.1 Å². The van der Waals surface area contributed by atoms with Crippen LogP contribution in [0, 0.1) is 6.92 Å². The third kappa shape index (κ3) is 2.93. The van der Waals surface area contributed by atoms with Crippen LogP contribution in [-0.2, 0) is 6.54 Å². The normalized spacial score (nSPS) is 10.9. The number of carbonyl (C=O) groups is 1. The first-order valence-corrected chi connectivity index (χ1v) is 6.02. The molecule has 2 aromatic rings. The summed E-state index contributed by atoms with van der Waals surface area (Å²) in [6, 6.07) is 1.80. The minimum Gasteiger partial charge on any atom is -0.397 e. The molecule has 0 saturated carbocycles. The average Bonchev–Trinajstić information content (AvgIpc) is 2.92. The highest BCUT2D eigenvalue weighted by atomic mass is 16.5. The highest BCUT2D eigenvalue weighted by Crippen LogP contribution is 2.16. The Hall–Kier alpha value is -2.31. The summed E-state index contributed by atoms with van der Waals surface area (Å²) in [4.78, 5) is 16.1. The van der Waals surface area contributed by atoms with E-state index in [1.807, 2.05) is 18.4 Å². The number of aromatic nitrogens is 3. The monoisotopic (exact) mass is 263 g/mol. The molecule has 0 fully saturated rings. The molecule has 2 aromatic heterocycles. The molecule has 2 rings (SSSR count). The number of nitrogens with zero attached hydrogens (tertiary/aromatic N) is 3. The van der Waals surface area contributed by atoms with E-state index in [9.17, 15) is 4.79 Å². The maximum absolute atomic E-state index is 12.1. The van der Waals surface area contributed by atoms with Gasteiger partial charge in [0.1, 0.15) is 5.69 Å². The van der Waals surface area contributed by atoms with Gasteiger partial charge in [0.25, 0.3) is 5.91 Å². The molecule has 1 amide bonds. The quantitative estimate of drug-likeness (QED) is 0.865. The van der Waals surface area contributed by atoms with Gasteiger partial charge in [-0.05, 0) is 26.8 Å². The fraction of sp³-hybridized carbons (Fsp3) is 0.417. The zero-order chi connectivity index (χ0) is 14.0. The van der Waals surface area contributed by atoms with Crippen LogP contribution in [-0.4, -0.2) is 20.6 Å². The summed E-state index contributed by atoms with van der Waals surface area (Å²) in [5, 5.41) is 6.38. The van der Waals surface area contributed by atoms with Gasteiger partial charge >= 0.3 is 0 Å². The van der Waals surface area contributed by atoms with Crippen molar-refractivity contribution in [1.29, 1.82) is 0 Å². The molecule has 0 spiro atoms. The Morgan fingerprint density at radius 3 is 2.89 bits per heavy atom. The van der Waals surface area contributed by atoms with E-state index in [-0.39, 0.29) is 18.5 Å². The number of nitrogens with two attached hydrogens (primary N) is 1. The number of hydrogen-bond donors (Lipinski definition) is 2. The SMILES string of the molecule is Cc1noc(CNC(=O)c2cc(N)cn2C(C)C)n1. The molecule has 7 heteroatoms. The standard InChI is InChI=1S/C12H17N5O2/c1-7(2)17-6-9(13)4-10(17)12(18)14-5-11-15-8(3)16-19-11/h4,6-7H,5,13H2,1-3H3,(H,14,18). The third-order valence-corrected chi connectivity index (χ3v) is 2.63. The lowest BCUT2D eigenvalue weighted by molar-refractivity contribution is 0.0935. The maximum Gasteiger partial charge on any atom is 0.268 e. The summed E-state index contributed by atoms with van der Waals surface area (Å²) in [5.41, 5.74) is 6.80. The van der Waals surface area contributed by atoms with Crippen molar-refractivity contribution in [3.63, 3.8) is 0 Å². The number of anilines is 1. The second-order valence-electron chi connectivity index (χ2n) is 4.58. The van der Waals surface area contributed by atoms with Gasteiger partial charge in [-0.25, -0.2) is 0 Å². The van der Waals surface area contributed by atoms with E-state index in [0.717, 1.165) is 0 Å². The van der Waals surface area contributed by atoms with Crippen molar-refractivity contribution in [3.05, 3.63) is 29.7 Å². The molecule has 0 saturated heterocycles. The molecule has 0 aliphatic heterocycles. The average molecular weight is 263 g/mol. The van der Waals surface area contributed by atoms with E-state index in [4.69, 9.17) is 10.3 Å². The van der Waals surface area contributed by atoms with E-state index in [1.165, 1.54) is 0 Å². The van der Waals surface area contributed by atoms with Gasteiger partial charge in [-0.1, -0.05) is 5.16 Å². The highest BCUT2D eigenvalue weighted by Gasteiger charge is 2.15. The topological polar surface area (TPSA) is 99.0 Å². The molecule has 0 aromatic carbocycles. The molecule has 0 atom stereocenters. The first-order valence-electron chi connectivity index (χ1n) is 6.02. The van der Waals surface area contributed by atoms with Crippen molar-refractivity contribution in [2.45, 2.75) is 33.4 Å². The van der Waals surface area contributed by atoms with E-state index >= 15 is 0 Å². The lowest BCUT2D eigenvalue weighted by Crippen LogP contribution is -2.26. The Bertz CT molecular complexity index is 585. The molecule has 0 unspecified atom stereocenters. The number of amides is 1. The van der Waals surface area contributed by atoms with E-state index in [0.29, 0.717) is 23.1 Å². The molecule has 0 radical (unpaired) electrons. The predicted octanol–water partition coefficient (Wildman–Crippen LogP) is 1.27. The van der Waals surface area contributed by atoms with Crippen LogP contribution in [0.25, 0.3) is 0 Å². The van der Waals surface area contributed by atoms with E-state index in [2.05, 4.69) is 15.5 Å². The molecule has 0 aliphatic carbocycles. The Labute approximate surface area is 110 Å².